The highest BCUT2D eigenvalue weighted by molar-refractivity contribution is 7.91. The molecule has 0 aliphatic carbocycles. The largest absolute Gasteiger partial charge is 0.437 e. The van der Waals surface area contributed by atoms with E-state index in [0.717, 1.165) is 11.1 Å². The summed E-state index contributed by atoms with van der Waals surface area (Å²) in [7, 11) is -3.68. The maximum absolute atomic E-state index is 13.0. The molecule has 0 aliphatic heterocycles. The minimum absolute atomic E-state index is 0.136. The molecule has 1 aromatic heterocycles. The SMILES string of the molecule is Cc1ccc(S(=O)(=O)c2cccc(C)c2Oc2ccccn2)cc1. The van der Waals surface area contributed by atoms with Crippen LogP contribution >= 0.6 is 0 Å². The molecule has 4 nitrogen and oxygen atoms in total. The first kappa shape index (κ1) is 16.2. The molecule has 0 radical (unpaired) electrons. The number of ether oxygens (including phenoxy) is 1. The van der Waals surface area contributed by atoms with Gasteiger partial charge in [-0.2, -0.15) is 0 Å². The monoisotopic (exact) mass is 339 g/mol. The molecule has 122 valence electrons. The molecule has 0 saturated carbocycles. The highest BCUT2D eigenvalue weighted by Crippen LogP contribution is 2.34. The summed E-state index contributed by atoms with van der Waals surface area (Å²) >= 11 is 0. The molecule has 0 amide bonds. The first-order valence-corrected chi connectivity index (χ1v) is 8.97. The average Bonchev–Trinajstić information content (AvgIpc) is 2.58. The van der Waals surface area contributed by atoms with Crippen molar-refractivity contribution in [2.75, 3.05) is 0 Å². The second kappa shape index (κ2) is 6.45. The van der Waals surface area contributed by atoms with Crippen molar-refractivity contribution in [2.45, 2.75) is 23.6 Å². The number of pyridine rings is 1. The Hall–Kier alpha value is -2.66. The predicted molar refractivity (Wildman–Crippen MR) is 92.1 cm³/mol. The van der Waals surface area contributed by atoms with Gasteiger partial charge >= 0.3 is 0 Å². The Labute approximate surface area is 141 Å². The van der Waals surface area contributed by atoms with Gasteiger partial charge in [-0.25, -0.2) is 13.4 Å². The number of aromatic nitrogens is 1. The number of sulfone groups is 1. The zero-order valence-corrected chi connectivity index (χ0v) is 14.2. The first-order valence-electron chi connectivity index (χ1n) is 7.49. The summed E-state index contributed by atoms with van der Waals surface area (Å²) in [5, 5.41) is 0. The standard InChI is InChI=1S/C19H17NO3S/c1-14-9-11-16(12-10-14)24(21,22)17-7-5-6-15(2)19(17)23-18-8-3-4-13-20-18/h3-13H,1-2H3. The van der Waals surface area contributed by atoms with Crippen molar-refractivity contribution in [2.24, 2.45) is 0 Å². The lowest BCUT2D eigenvalue weighted by Crippen LogP contribution is -2.05. The molecule has 0 atom stereocenters. The summed E-state index contributed by atoms with van der Waals surface area (Å²) in [5.41, 5.74) is 1.73. The number of hydrogen-bond acceptors (Lipinski definition) is 4. The van der Waals surface area contributed by atoms with E-state index < -0.39 is 9.84 Å². The topological polar surface area (TPSA) is 56.3 Å². The number of rotatable bonds is 4. The van der Waals surface area contributed by atoms with Crippen molar-refractivity contribution in [3.05, 3.63) is 78.0 Å². The maximum Gasteiger partial charge on any atom is 0.219 e. The second-order valence-electron chi connectivity index (χ2n) is 5.49. The minimum atomic E-state index is -3.68. The Morgan fingerprint density at radius 2 is 1.62 bits per heavy atom. The molecule has 1 heterocycles. The van der Waals surface area contributed by atoms with Gasteiger partial charge in [0, 0.05) is 12.3 Å². The van der Waals surface area contributed by atoms with E-state index in [1.807, 2.05) is 19.9 Å². The van der Waals surface area contributed by atoms with Crippen molar-refractivity contribution in [1.82, 2.24) is 4.98 Å². The van der Waals surface area contributed by atoms with Crippen LogP contribution in [0.25, 0.3) is 0 Å². The van der Waals surface area contributed by atoms with Gasteiger partial charge in [0.2, 0.25) is 15.7 Å². The lowest BCUT2D eigenvalue weighted by Gasteiger charge is -2.13. The van der Waals surface area contributed by atoms with E-state index >= 15 is 0 Å². The van der Waals surface area contributed by atoms with Gasteiger partial charge in [-0.1, -0.05) is 35.9 Å². The summed E-state index contributed by atoms with van der Waals surface area (Å²) in [6.07, 6.45) is 1.60. The van der Waals surface area contributed by atoms with Gasteiger partial charge in [-0.3, -0.25) is 0 Å². The molecular formula is C19H17NO3S. The van der Waals surface area contributed by atoms with Gasteiger partial charge in [0.05, 0.1) is 4.90 Å². The lowest BCUT2D eigenvalue weighted by molar-refractivity contribution is 0.445. The number of aryl methyl sites for hydroxylation is 2. The Kier molecular flexibility index (Phi) is 4.36. The zero-order chi connectivity index (χ0) is 17.2. The van der Waals surface area contributed by atoms with Crippen LogP contribution in [0.5, 0.6) is 11.6 Å². The van der Waals surface area contributed by atoms with Crippen LogP contribution in [-0.4, -0.2) is 13.4 Å². The Balaban J connectivity index is 2.11. The van der Waals surface area contributed by atoms with Crippen molar-refractivity contribution in [3.8, 4) is 11.6 Å². The molecule has 0 N–H and O–H groups in total. The van der Waals surface area contributed by atoms with Crippen molar-refractivity contribution in [3.63, 3.8) is 0 Å². The molecule has 3 aromatic rings. The molecular weight excluding hydrogens is 322 g/mol. The van der Waals surface area contributed by atoms with E-state index in [-0.39, 0.29) is 9.79 Å². The normalized spacial score (nSPS) is 11.2. The van der Waals surface area contributed by atoms with Crippen molar-refractivity contribution < 1.29 is 13.2 Å². The molecule has 24 heavy (non-hydrogen) atoms. The van der Waals surface area contributed by atoms with E-state index in [1.54, 1.807) is 60.8 Å². The summed E-state index contributed by atoms with van der Waals surface area (Å²) in [5.74, 6) is 0.656. The van der Waals surface area contributed by atoms with E-state index in [4.69, 9.17) is 4.74 Å². The zero-order valence-electron chi connectivity index (χ0n) is 13.4. The van der Waals surface area contributed by atoms with Crippen LogP contribution in [0.4, 0.5) is 0 Å². The molecule has 0 saturated heterocycles. The van der Waals surface area contributed by atoms with Crippen LogP contribution in [0.2, 0.25) is 0 Å². The third-order valence-corrected chi connectivity index (χ3v) is 5.43. The van der Waals surface area contributed by atoms with E-state index in [0.29, 0.717) is 11.6 Å². The number of nitrogens with zero attached hydrogens (tertiary/aromatic N) is 1. The summed E-state index contributed by atoms with van der Waals surface area (Å²) in [4.78, 5) is 4.48. The van der Waals surface area contributed by atoms with Crippen LogP contribution in [0.3, 0.4) is 0 Å². The molecule has 0 unspecified atom stereocenters. The smallest absolute Gasteiger partial charge is 0.219 e. The molecule has 3 rings (SSSR count). The van der Waals surface area contributed by atoms with Crippen LogP contribution in [0.15, 0.2) is 76.7 Å². The number of hydrogen-bond donors (Lipinski definition) is 0. The molecule has 0 spiro atoms. The molecule has 2 aromatic carbocycles. The van der Waals surface area contributed by atoms with Crippen LogP contribution in [0.1, 0.15) is 11.1 Å². The van der Waals surface area contributed by atoms with Gasteiger partial charge < -0.3 is 4.74 Å². The highest BCUT2D eigenvalue weighted by Gasteiger charge is 2.24. The Bertz CT molecular complexity index is 950. The first-order chi connectivity index (χ1) is 11.5. The second-order valence-corrected chi connectivity index (χ2v) is 7.41. The van der Waals surface area contributed by atoms with Gasteiger partial charge in [-0.05, 0) is 43.7 Å². The Morgan fingerprint density at radius 1 is 0.875 bits per heavy atom. The van der Waals surface area contributed by atoms with Crippen molar-refractivity contribution in [1.29, 1.82) is 0 Å². The van der Waals surface area contributed by atoms with Gasteiger partial charge in [0.25, 0.3) is 0 Å². The molecule has 0 aliphatic rings. The fraction of sp³-hybridized carbons (Fsp3) is 0.105. The summed E-state index contributed by atoms with van der Waals surface area (Å²) in [6.45, 7) is 3.73. The van der Waals surface area contributed by atoms with E-state index in [2.05, 4.69) is 4.98 Å². The lowest BCUT2D eigenvalue weighted by atomic mass is 10.2. The van der Waals surface area contributed by atoms with Crippen molar-refractivity contribution >= 4 is 9.84 Å². The number of benzene rings is 2. The van der Waals surface area contributed by atoms with Gasteiger partial charge in [-0.15, -0.1) is 0 Å². The van der Waals surface area contributed by atoms with Crippen LogP contribution in [0, 0.1) is 13.8 Å². The molecule has 0 bridgehead atoms. The van der Waals surface area contributed by atoms with E-state index in [1.165, 1.54) is 0 Å². The predicted octanol–water partition coefficient (Wildman–Crippen LogP) is 4.32. The molecule has 5 heteroatoms. The van der Waals surface area contributed by atoms with Gasteiger partial charge in [0.1, 0.15) is 4.90 Å². The average molecular weight is 339 g/mol. The highest BCUT2D eigenvalue weighted by atomic mass is 32.2. The number of para-hydroxylation sites is 1. The quantitative estimate of drug-likeness (QED) is 0.710. The summed E-state index contributed by atoms with van der Waals surface area (Å²) < 4.78 is 31.8. The van der Waals surface area contributed by atoms with Crippen LogP contribution in [-0.2, 0) is 9.84 Å². The maximum atomic E-state index is 13.0. The van der Waals surface area contributed by atoms with E-state index in [9.17, 15) is 8.42 Å². The fourth-order valence-electron chi connectivity index (χ4n) is 2.32. The Morgan fingerprint density at radius 3 is 2.29 bits per heavy atom. The third-order valence-electron chi connectivity index (χ3n) is 3.64. The van der Waals surface area contributed by atoms with Crippen LogP contribution < -0.4 is 4.74 Å². The minimum Gasteiger partial charge on any atom is -0.437 e. The third kappa shape index (κ3) is 3.16. The summed E-state index contributed by atoms with van der Waals surface area (Å²) in [6, 6.07) is 17.1. The molecule has 0 fully saturated rings. The fourth-order valence-corrected chi connectivity index (χ4v) is 3.78. The van der Waals surface area contributed by atoms with Gasteiger partial charge in [0.15, 0.2) is 5.75 Å².